The summed E-state index contributed by atoms with van der Waals surface area (Å²) in [6, 6.07) is 10.2. The first-order chi connectivity index (χ1) is 5.93. The van der Waals surface area contributed by atoms with Gasteiger partial charge in [0.1, 0.15) is 0 Å². The zero-order valence-corrected chi connectivity index (χ0v) is 7.50. The lowest BCUT2D eigenvalue weighted by Gasteiger charge is -1.99. The number of halogens is 1. The molecule has 0 N–H and O–H groups in total. The number of ether oxygens (including phenoxy) is 1. The van der Waals surface area contributed by atoms with E-state index >= 15 is 0 Å². The third-order valence-corrected chi connectivity index (χ3v) is 1.60. The highest BCUT2D eigenvalue weighted by molar-refractivity contribution is 6.25. The van der Waals surface area contributed by atoms with Crippen LogP contribution in [-0.4, -0.2) is 6.61 Å². The van der Waals surface area contributed by atoms with Crippen LogP contribution >= 0.6 is 11.6 Å². The molecule has 0 amide bonds. The average molecular weight is 183 g/mol. The van der Waals surface area contributed by atoms with Gasteiger partial charge in [-0.05, 0) is 5.56 Å². The van der Waals surface area contributed by atoms with E-state index in [0.717, 1.165) is 6.42 Å². The van der Waals surface area contributed by atoms with Gasteiger partial charge in [0.2, 0.25) is 0 Å². The molecule has 1 nitrogen and oxygen atoms in total. The van der Waals surface area contributed by atoms with Crippen LogP contribution in [0.25, 0.3) is 0 Å². The van der Waals surface area contributed by atoms with Crippen LogP contribution in [0.2, 0.25) is 0 Å². The van der Waals surface area contributed by atoms with E-state index in [1.54, 1.807) is 0 Å². The van der Waals surface area contributed by atoms with Crippen molar-refractivity contribution in [3.8, 4) is 0 Å². The molecule has 0 aromatic heterocycles. The van der Waals surface area contributed by atoms with E-state index in [-0.39, 0.29) is 0 Å². The molecule has 12 heavy (non-hydrogen) atoms. The minimum Gasteiger partial charge on any atom is -0.500 e. The minimum atomic E-state index is 0.674. The first-order valence-electron chi connectivity index (χ1n) is 3.84. The molecule has 1 rings (SSSR count). The van der Waals surface area contributed by atoms with Crippen LogP contribution < -0.4 is 0 Å². The van der Waals surface area contributed by atoms with Gasteiger partial charge >= 0.3 is 0 Å². The van der Waals surface area contributed by atoms with Gasteiger partial charge in [-0.3, -0.25) is 0 Å². The molecule has 0 aliphatic heterocycles. The molecule has 0 aliphatic carbocycles. The molecule has 0 spiro atoms. The van der Waals surface area contributed by atoms with Gasteiger partial charge in [-0.25, -0.2) is 0 Å². The maximum atomic E-state index is 5.28. The van der Waals surface area contributed by atoms with Gasteiger partial charge < -0.3 is 4.74 Å². The molecule has 0 radical (unpaired) electrons. The first kappa shape index (κ1) is 9.14. The lowest BCUT2D eigenvalue weighted by molar-refractivity contribution is 0.254. The number of benzene rings is 1. The van der Waals surface area contributed by atoms with Crippen molar-refractivity contribution < 1.29 is 4.74 Å². The van der Waals surface area contributed by atoms with Gasteiger partial charge in [-0.2, -0.15) is 0 Å². The Hall–Kier alpha value is -0.950. The molecule has 0 heterocycles. The quantitative estimate of drug-likeness (QED) is 0.514. The lowest BCUT2D eigenvalue weighted by atomic mass is 10.2. The van der Waals surface area contributed by atoms with Crippen molar-refractivity contribution in [1.29, 1.82) is 0 Å². The Balaban J connectivity index is 2.24. The third-order valence-electron chi connectivity index (χ3n) is 1.50. The van der Waals surface area contributed by atoms with Crippen molar-refractivity contribution in [3.63, 3.8) is 0 Å². The highest BCUT2D eigenvalue weighted by Crippen LogP contribution is 1.99. The highest BCUT2D eigenvalue weighted by Gasteiger charge is 1.88. The Labute approximate surface area is 77.6 Å². The second-order valence-electron chi connectivity index (χ2n) is 2.37. The zero-order chi connectivity index (χ0) is 8.65. The Morgan fingerprint density at radius 1 is 1.25 bits per heavy atom. The van der Waals surface area contributed by atoms with Gasteiger partial charge in [0.25, 0.3) is 0 Å². The zero-order valence-electron chi connectivity index (χ0n) is 6.74. The van der Waals surface area contributed by atoms with Crippen LogP contribution in [0.4, 0.5) is 0 Å². The normalized spacial score (nSPS) is 10.4. The number of rotatable bonds is 4. The summed E-state index contributed by atoms with van der Waals surface area (Å²) in [7, 11) is 0. The summed E-state index contributed by atoms with van der Waals surface area (Å²) in [6.07, 6.45) is 2.41. The van der Waals surface area contributed by atoms with Gasteiger partial charge in [-0.15, -0.1) is 0 Å². The third kappa shape index (κ3) is 3.44. The second kappa shape index (κ2) is 5.67. The van der Waals surface area contributed by atoms with Crippen molar-refractivity contribution in [1.82, 2.24) is 0 Å². The van der Waals surface area contributed by atoms with Crippen molar-refractivity contribution in [3.05, 3.63) is 47.7 Å². The predicted molar refractivity (Wildman–Crippen MR) is 51.1 cm³/mol. The highest BCUT2D eigenvalue weighted by atomic mass is 35.5. The van der Waals surface area contributed by atoms with Gasteiger partial charge in [0, 0.05) is 12.0 Å². The monoisotopic (exact) mass is 182 g/mol. The minimum absolute atomic E-state index is 0.674. The second-order valence-corrected chi connectivity index (χ2v) is 2.62. The molecule has 0 unspecified atom stereocenters. The summed E-state index contributed by atoms with van der Waals surface area (Å²) < 4.78 is 5.07. The fraction of sp³-hybridized carbons (Fsp3) is 0.200. The Morgan fingerprint density at radius 2 is 2.00 bits per heavy atom. The van der Waals surface area contributed by atoms with Crippen molar-refractivity contribution in [2.75, 3.05) is 6.61 Å². The van der Waals surface area contributed by atoms with E-state index in [0.29, 0.717) is 6.61 Å². The van der Waals surface area contributed by atoms with E-state index in [9.17, 15) is 0 Å². The fourth-order valence-electron chi connectivity index (χ4n) is 0.926. The Bertz CT molecular complexity index is 231. The Kier molecular flexibility index (Phi) is 4.32. The van der Waals surface area contributed by atoms with Gasteiger partial charge in [0.15, 0.2) is 0 Å². The summed E-state index contributed by atoms with van der Waals surface area (Å²) in [5, 5.41) is 0. The van der Waals surface area contributed by atoms with Crippen molar-refractivity contribution in [2.45, 2.75) is 6.42 Å². The molecule has 0 bridgehead atoms. The largest absolute Gasteiger partial charge is 0.500 e. The molecule has 1 aromatic carbocycles. The number of hydrogen-bond acceptors (Lipinski definition) is 1. The standard InChI is InChI=1S/C10H11ClO/c11-7-9-12-8-6-10-4-2-1-3-5-10/h1-5,7,9H,6,8H2/b9-7+. The topological polar surface area (TPSA) is 9.23 Å². The van der Waals surface area contributed by atoms with E-state index in [2.05, 4.69) is 12.1 Å². The predicted octanol–water partition coefficient (Wildman–Crippen LogP) is 2.96. The molecule has 0 saturated heterocycles. The fourth-order valence-corrected chi connectivity index (χ4v) is 0.999. The maximum Gasteiger partial charge on any atom is 0.0942 e. The van der Waals surface area contributed by atoms with Crippen LogP contribution in [0.15, 0.2) is 42.1 Å². The van der Waals surface area contributed by atoms with Crippen LogP contribution in [0, 0.1) is 0 Å². The van der Waals surface area contributed by atoms with E-state index in [4.69, 9.17) is 16.3 Å². The van der Waals surface area contributed by atoms with Crippen LogP contribution in [-0.2, 0) is 11.2 Å². The summed E-state index contributed by atoms with van der Waals surface area (Å²) >= 11 is 5.28. The van der Waals surface area contributed by atoms with Crippen molar-refractivity contribution in [2.24, 2.45) is 0 Å². The SMILES string of the molecule is Cl/C=C/OCCc1ccccc1. The van der Waals surface area contributed by atoms with Crippen molar-refractivity contribution >= 4 is 11.6 Å². The van der Waals surface area contributed by atoms with Crippen LogP contribution in [0.1, 0.15) is 5.56 Å². The van der Waals surface area contributed by atoms with Gasteiger partial charge in [0.05, 0.1) is 12.9 Å². The molecule has 1 aromatic rings. The molecule has 0 aliphatic rings. The molecular weight excluding hydrogens is 172 g/mol. The number of hydrogen-bond donors (Lipinski definition) is 0. The lowest BCUT2D eigenvalue weighted by Crippen LogP contribution is -1.92. The first-order valence-corrected chi connectivity index (χ1v) is 4.28. The summed E-state index contributed by atoms with van der Waals surface area (Å²) in [5.41, 5.74) is 2.64. The summed E-state index contributed by atoms with van der Waals surface area (Å²) in [4.78, 5) is 0. The molecule has 64 valence electrons. The summed E-state index contributed by atoms with van der Waals surface area (Å²) in [5.74, 6) is 0. The van der Waals surface area contributed by atoms with E-state index in [1.165, 1.54) is 17.4 Å². The average Bonchev–Trinajstić information content (AvgIpc) is 2.14. The summed E-state index contributed by atoms with van der Waals surface area (Å²) in [6.45, 7) is 0.674. The van der Waals surface area contributed by atoms with Gasteiger partial charge in [-0.1, -0.05) is 41.9 Å². The maximum absolute atomic E-state index is 5.28. The van der Waals surface area contributed by atoms with E-state index in [1.807, 2.05) is 18.2 Å². The molecule has 0 atom stereocenters. The van der Waals surface area contributed by atoms with Crippen LogP contribution in [0.5, 0.6) is 0 Å². The van der Waals surface area contributed by atoms with Crippen LogP contribution in [0.3, 0.4) is 0 Å². The smallest absolute Gasteiger partial charge is 0.0942 e. The Morgan fingerprint density at radius 3 is 2.67 bits per heavy atom. The molecular formula is C10H11ClO. The van der Waals surface area contributed by atoms with E-state index < -0.39 is 0 Å². The molecule has 2 heteroatoms. The molecule has 0 saturated carbocycles. The molecule has 0 fully saturated rings.